The normalized spacial score (nSPS) is 16.0. The van der Waals surface area contributed by atoms with Gasteiger partial charge in [0.1, 0.15) is 5.75 Å². The highest BCUT2D eigenvalue weighted by atomic mass is 19.3. The molecular weight excluding hydrogens is 354 g/mol. The second-order valence-electron chi connectivity index (χ2n) is 5.24. The Kier molecular flexibility index (Phi) is 4.75. The number of carbonyl (C=O) groups is 1. The largest absolute Gasteiger partial charge is 0.461 e. The molecule has 0 fully saturated rings. The van der Waals surface area contributed by atoms with Gasteiger partial charge in [-0.25, -0.2) is 9.79 Å². The molecule has 4 nitrogen and oxygen atoms in total. The zero-order valence-corrected chi connectivity index (χ0v) is 13.0. The van der Waals surface area contributed by atoms with E-state index >= 15 is 0 Å². The standard InChI is InChI=1S/C18H11F4NO3/c19-17(20)18(21,22)26-13-8-4-5-11(9-13)10-14-16(24)25-15(23-14)12-6-2-1-3-7-12/h1-10,17H. The van der Waals surface area contributed by atoms with Gasteiger partial charge in [0, 0.05) is 5.56 Å². The zero-order chi connectivity index (χ0) is 18.7. The van der Waals surface area contributed by atoms with E-state index in [2.05, 4.69) is 9.73 Å². The molecule has 2 aromatic rings. The molecule has 134 valence electrons. The summed E-state index contributed by atoms with van der Waals surface area (Å²) in [7, 11) is 0. The molecule has 0 unspecified atom stereocenters. The maximum Gasteiger partial charge on any atom is 0.461 e. The van der Waals surface area contributed by atoms with Crippen LogP contribution in [-0.2, 0) is 9.53 Å². The van der Waals surface area contributed by atoms with E-state index in [0.717, 1.165) is 12.1 Å². The topological polar surface area (TPSA) is 47.9 Å². The number of nitrogens with zero attached hydrogens (tertiary/aromatic N) is 1. The van der Waals surface area contributed by atoms with Gasteiger partial charge in [0.25, 0.3) is 0 Å². The summed E-state index contributed by atoms with van der Waals surface area (Å²) >= 11 is 0. The SMILES string of the molecule is O=C1OC(c2ccccc2)=NC1=Cc1cccc(OC(F)(F)C(F)F)c1. The summed E-state index contributed by atoms with van der Waals surface area (Å²) in [6, 6.07) is 13.7. The first-order valence-electron chi connectivity index (χ1n) is 7.38. The molecule has 0 radical (unpaired) electrons. The van der Waals surface area contributed by atoms with Gasteiger partial charge in [-0.2, -0.15) is 17.6 Å². The lowest BCUT2D eigenvalue weighted by atomic mass is 10.2. The molecule has 2 aromatic carbocycles. The van der Waals surface area contributed by atoms with Crippen LogP contribution in [0.2, 0.25) is 0 Å². The number of benzene rings is 2. The van der Waals surface area contributed by atoms with Crippen molar-refractivity contribution >= 4 is 17.9 Å². The van der Waals surface area contributed by atoms with Crippen LogP contribution in [-0.4, -0.2) is 24.4 Å². The van der Waals surface area contributed by atoms with E-state index in [-0.39, 0.29) is 17.2 Å². The Labute approximate surface area is 145 Å². The lowest BCUT2D eigenvalue weighted by Crippen LogP contribution is -2.33. The molecule has 0 aromatic heterocycles. The molecule has 0 aliphatic carbocycles. The minimum Gasteiger partial charge on any atom is -0.428 e. The second-order valence-corrected chi connectivity index (χ2v) is 5.24. The number of halogens is 4. The number of aliphatic imine (C=N–C) groups is 1. The molecule has 1 aliphatic rings. The number of carbonyl (C=O) groups excluding carboxylic acids is 1. The number of alkyl halides is 4. The maximum atomic E-state index is 13.0. The van der Waals surface area contributed by atoms with Gasteiger partial charge in [-0.05, 0) is 35.9 Å². The van der Waals surface area contributed by atoms with Crippen LogP contribution in [0.5, 0.6) is 5.75 Å². The predicted octanol–water partition coefficient (Wildman–Crippen LogP) is 4.27. The number of rotatable bonds is 5. The molecule has 0 atom stereocenters. The minimum atomic E-state index is -4.61. The highest BCUT2D eigenvalue weighted by molar-refractivity contribution is 6.12. The van der Waals surface area contributed by atoms with Crippen molar-refractivity contribution in [1.82, 2.24) is 0 Å². The molecular formula is C18H11F4NO3. The fourth-order valence-electron chi connectivity index (χ4n) is 2.14. The zero-order valence-electron chi connectivity index (χ0n) is 13.0. The Morgan fingerprint density at radius 1 is 1.08 bits per heavy atom. The van der Waals surface area contributed by atoms with Gasteiger partial charge in [0.2, 0.25) is 5.90 Å². The molecule has 1 aliphatic heterocycles. The van der Waals surface area contributed by atoms with E-state index in [1.807, 2.05) is 0 Å². The van der Waals surface area contributed by atoms with E-state index in [9.17, 15) is 22.4 Å². The number of esters is 1. The van der Waals surface area contributed by atoms with Gasteiger partial charge in [0.15, 0.2) is 5.70 Å². The molecule has 0 N–H and O–H groups in total. The fourth-order valence-corrected chi connectivity index (χ4v) is 2.14. The Morgan fingerprint density at radius 2 is 1.81 bits per heavy atom. The fraction of sp³-hybridized carbons (Fsp3) is 0.111. The number of ether oxygens (including phenoxy) is 2. The summed E-state index contributed by atoms with van der Waals surface area (Å²) in [6.07, 6.45) is -7.30. The molecule has 8 heteroatoms. The Balaban J connectivity index is 1.85. The van der Waals surface area contributed by atoms with Crippen LogP contribution in [0.4, 0.5) is 17.6 Å². The van der Waals surface area contributed by atoms with Crippen molar-refractivity contribution in [3.05, 3.63) is 71.4 Å². The van der Waals surface area contributed by atoms with E-state index in [1.54, 1.807) is 30.3 Å². The number of hydrogen-bond acceptors (Lipinski definition) is 4. The van der Waals surface area contributed by atoms with Crippen molar-refractivity contribution in [3.8, 4) is 5.75 Å². The van der Waals surface area contributed by atoms with Crippen LogP contribution < -0.4 is 4.74 Å². The summed E-state index contributed by atoms with van der Waals surface area (Å²) < 4.78 is 59.5. The average molecular weight is 365 g/mol. The van der Waals surface area contributed by atoms with Crippen LogP contribution in [0.15, 0.2) is 65.3 Å². The Morgan fingerprint density at radius 3 is 2.50 bits per heavy atom. The Bertz CT molecular complexity index is 879. The Hall–Kier alpha value is -3.16. The molecule has 0 saturated carbocycles. The van der Waals surface area contributed by atoms with Crippen LogP contribution in [0.1, 0.15) is 11.1 Å². The van der Waals surface area contributed by atoms with Crippen LogP contribution in [0.25, 0.3) is 6.08 Å². The third kappa shape index (κ3) is 3.90. The van der Waals surface area contributed by atoms with Crippen LogP contribution in [0, 0.1) is 0 Å². The van der Waals surface area contributed by atoms with Crippen molar-refractivity contribution in [2.75, 3.05) is 0 Å². The van der Waals surface area contributed by atoms with E-state index in [4.69, 9.17) is 4.74 Å². The van der Waals surface area contributed by atoms with Gasteiger partial charge < -0.3 is 9.47 Å². The van der Waals surface area contributed by atoms with Crippen molar-refractivity contribution in [3.63, 3.8) is 0 Å². The summed E-state index contributed by atoms with van der Waals surface area (Å²) in [4.78, 5) is 16.0. The molecule has 3 rings (SSSR count). The quantitative estimate of drug-likeness (QED) is 0.452. The smallest absolute Gasteiger partial charge is 0.428 e. The monoisotopic (exact) mass is 365 g/mol. The van der Waals surface area contributed by atoms with Crippen molar-refractivity contribution in [1.29, 1.82) is 0 Å². The first-order valence-corrected chi connectivity index (χ1v) is 7.38. The van der Waals surface area contributed by atoms with Crippen molar-refractivity contribution < 1.29 is 31.8 Å². The maximum absolute atomic E-state index is 13.0. The third-order valence-electron chi connectivity index (χ3n) is 3.31. The first-order chi connectivity index (χ1) is 12.3. The van der Waals surface area contributed by atoms with Crippen molar-refractivity contribution in [2.24, 2.45) is 4.99 Å². The molecule has 0 saturated heterocycles. The summed E-state index contributed by atoms with van der Waals surface area (Å²) in [6.45, 7) is 0. The molecule has 1 heterocycles. The summed E-state index contributed by atoms with van der Waals surface area (Å²) in [5, 5.41) is 0. The molecule has 0 bridgehead atoms. The van der Waals surface area contributed by atoms with Gasteiger partial charge in [0.05, 0.1) is 0 Å². The molecule has 26 heavy (non-hydrogen) atoms. The first kappa shape index (κ1) is 17.7. The van der Waals surface area contributed by atoms with Gasteiger partial charge in [-0.3, -0.25) is 0 Å². The highest BCUT2D eigenvalue weighted by Gasteiger charge is 2.43. The van der Waals surface area contributed by atoms with E-state index < -0.39 is 24.3 Å². The highest BCUT2D eigenvalue weighted by Crippen LogP contribution is 2.28. The lowest BCUT2D eigenvalue weighted by Gasteiger charge is -2.16. The van der Waals surface area contributed by atoms with Gasteiger partial charge in [-0.15, -0.1) is 0 Å². The minimum absolute atomic E-state index is 0.0541. The van der Waals surface area contributed by atoms with Gasteiger partial charge in [-0.1, -0.05) is 30.3 Å². The molecule has 0 spiro atoms. The predicted molar refractivity (Wildman–Crippen MR) is 85.1 cm³/mol. The number of cyclic esters (lactones) is 1. The van der Waals surface area contributed by atoms with E-state index in [1.165, 1.54) is 18.2 Å². The average Bonchev–Trinajstić information content (AvgIpc) is 2.96. The lowest BCUT2D eigenvalue weighted by molar-refractivity contribution is -0.253. The van der Waals surface area contributed by atoms with E-state index in [0.29, 0.717) is 5.56 Å². The second kappa shape index (κ2) is 6.99. The van der Waals surface area contributed by atoms with Crippen LogP contribution in [0.3, 0.4) is 0 Å². The van der Waals surface area contributed by atoms with Crippen LogP contribution >= 0.6 is 0 Å². The molecule has 0 amide bonds. The summed E-state index contributed by atoms with van der Waals surface area (Å²) in [5.74, 6) is -1.07. The number of hydrogen-bond donors (Lipinski definition) is 0. The van der Waals surface area contributed by atoms with Gasteiger partial charge >= 0.3 is 18.5 Å². The summed E-state index contributed by atoms with van der Waals surface area (Å²) in [5.41, 5.74) is 0.803. The van der Waals surface area contributed by atoms with Crippen molar-refractivity contribution in [2.45, 2.75) is 12.5 Å². The third-order valence-corrected chi connectivity index (χ3v) is 3.31.